The van der Waals surface area contributed by atoms with Crippen molar-refractivity contribution in [3.05, 3.63) is 30.1 Å². The topological polar surface area (TPSA) is 29.9 Å². The van der Waals surface area contributed by atoms with Crippen molar-refractivity contribution in [3.63, 3.8) is 0 Å². The molecule has 0 radical (unpaired) electrons. The third-order valence-corrected chi connectivity index (χ3v) is 3.66. The zero-order valence-electron chi connectivity index (χ0n) is 11.8. The van der Waals surface area contributed by atoms with E-state index in [1.165, 1.54) is 5.52 Å². The molecule has 0 fully saturated rings. The Morgan fingerprint density at radius 1 is 1.22 bits per heavy atom. The summed E-state index contributed by atoms with van der Waals surface area (Å²) in [7, 11) is 0. The Morgan fingerprint density at radius 3 is 2.61 bits per heavy atom. The van der Waals surface area contributed by atoms with Gasteiger partial charge in [-0.15, -0.1) is 0 Å². The molecule has 0 atom stereocenters. The molecule has 0 amide bonds. The Bertz CT molecular complexity index is 526. The van der Waals surface area contributed by atoms with Crippen molar-refractivity contribution in [2.45, 2.75) is 52.7 Å². The van der Waals surface area contributed by atoms with E-state index in [0.717, 1.165) is 30.9 Å². The van der Waals surface area contributed by atoms with Gasteiger partial charge in [-0.1, -0.05) is 19.1 Å². The lowest BCUT2D eigenvalue weighted by atomic mass is 10.0. The van der Waals surface area contributed by atoms with Crippen LogP contribution in [0, 0.1) is 0 Å². The largest absolute Gasteiger partial charge is 0.327 e. The van der Waals surface area contributed by atoms with E-state index >= 15 is 0 Å². The molecule has 0 aliphatic rings. The molecule has 2 rings (SSSR count). The van der Waals surface area contributed by atoms with Gasteiger partial charge >= 0.3 is 0 Å². The van der Waals surface area contributed by atoms with Crippen molar-refractivity contribution in [1.82, 2.24) is 14.9 Å². The first kappa shape index (κ1) is 13.1. The van der Waals surface area contributed by atoms with Gasteiger partial charge in [-0.2, -0.15) is 0 Å². The average Bonchev–Trinajstić information content (AvgIpc) is 2.74. The molecule has 1 aromatic heterocycles. The number of imidazole rings is 1. The highest BCUT2D eigenvalue weighted by atomic mass is 15.1. The fourth-order valence-electron chi connectivity index (χ4n) is 2.06. The SMILES string of the molecule is CCn1c(CNC(C)(C)CC)nc2ccccc21. The van der Waals surface area contributed by atoms with Gasteiger partial charge in [-0.25, -0.2) is 4.98 Å². The quantitative estimate of drug-likeness (QED) is 0.875. The van der Waals surface area contributed by atoms with Gasteiger partial charge in [0.1, 0.15) is 5.82 Å². The third kappa shape index (κ3) is 2.56. The van der Waals surface area contributed by atoms with Crippen LogP contribution in [0.15, 0.2) is 24.3 Å². The number of aryl methyl sites for hydroxylation is 1. The van der Waals surface area contributed by atoms with E-state index in [0.29, 0.717) is 0 Å². The van der Waals surface area contributed by atoms with Crippen LogP contribution in [0.1, 0.15) is 39.9 Å². The maximum absolute atomic E-state index is 4.72. The lowest BCUT2D eigenvalue weighted by Crippen LogP contribution is -2.38. The second-order valence-electron chi connectivity index (χ2n) is 5.35. The lowest BCUT2D eigenvalue weighted by molar-refractivity contribution is 0.367. The molecule has 98 valence electrons. The van der Waals surface area contributed by atoms with Crippen LogP contribution in [-0.2, 0) is 13.1 Å². The Morgan fingerprint density at radius 2 is 1.94 bits per heavy atom. The lowest BCUT2D eigenvalue weighted by Gasteiger charge is -2.24. The summed E-state index contributed by atoms with van der Waals surface area (Å²) in [4.78, 5) is 4.72. The summed E-state index contributed by atoms with van der Waals surface area (Å²) in [6, 6.07) is 8.34. The van der Waals surface area contributed by atoms with Crippen molar-refractivity contribution in [3.8, 4) is 0 Å². The smallest absolute Gasteiger partial charge is 0.123 e. The molecule has 3 heteroatoms. The maximum Gasteiger partial charge on any atom is 0.123 e. The molecule has 0 saturated carbocycles. The molecule has 1 N–H and O–H groups in total. The maximum atomic E-state index is 4.72. The van der Waals surface area contributed by atoms with Crippen molar-refractivity contribution in [1.29, 1.82) is 0 Å². The summed E-state index contributed by atoms with van der Waals surface area (Å²) in [6.45, 7) is 10.6. The van der Waals surface area contributed by atoms with Crippen LogP contribution >= 0.6 is 0 Å². The number of benzene rings is 1. The molecular formula is C15H23N3. The third-order valence-electron chi connectivity index (χ3n) is 3.66. The van der Waals surface area contributed by atoms with Crippen LogP contribution < -0.4 is 5.32 Å². The van der Waals surface area contributed by atoms with Crippen LogP contribution in [0.2, 0.25) is 0 Å². The average molecular weight is 245 g/mol. The number of nitrogens with one attached hydrogen (secondary N) is 1. The summed E-state index contributed by atoms with van der Waals surface area (Å²) in [5.41, 5.74) is 2.48. The van der Waals surface area contributed by atoms with E-state index in [1.54, 1.807) is 0 Å². The molecular weight excluding hydrogens is 222 g/mol. The normalized spacial score (nSPS) is 12.2. The minimum atomic E-state index is 0.163. The van der Waals surface area contributed by atoms with Gasteiger partial charge in [0.25, 0.3) is 0 Å². The van der Waals surface area contributed by atoms with E-state index in [1.807, 2.05) is 6.07 Å². The van der Waals surface area contributed by atoms with Gasteiger partial charge in [0, 0.05) is 12.1 Å². The second kappa shape index (κ2) is 5.11. The predicted octanol–water partition coefficient (Wildman–Crippen LogP) is 3.33. The first-order valence-electron chi connectivity index (χ1n) is 6.76. The van der Waals surface area contributed by atoms with Crippen molar-refractivity contribution in [2.75, 3.05) is 0 Å². The first-order chi connectivity index (χ1) is 8.57. The number of hydrogen-bond donors (Lipinski definition) is 1. The van der Waals surface area contributed by atoms with Gasteiger partial charge in [0.15, 0.2) is 0 Å². The molecule has 0 bridgehead atoms. The number of nitrogens with zero attached hydrogens (tertiary/aromatic N) is 2. The van der Waals surface area contributed by atoms with E-state index in [-0.39, 0.29) is 5.54 Å². The summed E-state index contributed by atoms with van der Waals surface area (Å²) in [5, 5.41) is 3.58. The molecule has 1 aromatic carbocycles. The van der Waals surface area contributed by atoms with Crippen LogP contribution in [0.4, 0.5) is 0 Å². The van der Waals surface area contributed by atoms with Crippen molar-refractivity contribution < 1.29 is 0 Å². The highest BCUT2D eigenvalue weighted by molar-refractivity contribution is 5.75. The summed E-state index contributed by atoms with van der Waals surface area (Å²) in [5.74, 6) is 1.13. The fraction of sp³-hybridized carbons (Fsp3) is 0.533. The van der Waals surface area contributed by atoms with Gasteiger partial charge in [-0.3, -0.25) is 0 Å². The molecule has 0 aliphatic carbocycles. The van der Waals surface area contributed by atoms with Gasteiger partial charge < -0.3 is 9.88 Å². The molecule has 0 spiro atoms. The van der Waals surface area contributed by atoms with E-state index in [2.05, 4.69) is 55.8 Å². The highest BCUT2D eigenvalue weighted by Gasteiger charge is 2.16. The number of fused-ring (bicyclic) bond motifs is 1. The molecule has 2 aromatic rings. The minimum Gasteiger partial charge on any atom is -0.327 e. The zero-order chi connectivity index (χ0) is 13.2. The number of aromatic nitrogens is 2. The van der Waals surface area contributed by atoms with Gasteiger partial charge in [0.05, 0.1) is 17.6 Å². The Hall–Kier alpha value is -1.35. The predicted molar refractivity (Wildman–Crippen MR) is 76.6 cm³/mol. The summed E-state index contributed by atoms with van der Waals surface area (Å²) >= 11 is 0. The Balaban J connectivity index is 2.28. The molecule has 0 saturated heterocycles. The highest BCUT2D eigenvalue weighted by Crippen LogP contribution is 2.17. The number of hydrogen-bond acceptors (Lipinski definition) is 2. The van der Waals surface area contributed by atoms with Gasteiger partial charge in [0.2, 0.25) is 0 Å². The van der Waals surface area contributed by atoms with Gasteiger partial charge in [-0.05, 0) is 39.3 Å². The fourth-order valence-corrected chi connectivity index (χ4v) is 2.06. The molecule has 0 unspecified atom stereocenters. The second-order valence-corrected chi connectivity index (χ2v) is 5.35. The van der Waals surface area contributed by atoms with Crippen LogP contribution in [0.5, 0.6) is 0 Å². The van der Waals surface area contributed by atoms with E-state index in [9.17, 15) is 0 Å². The van der Waals surface area contributed by atoms with Crippen LogP contribution in [-0.4, -0.2) is 15.1 Å². The first-order valence-corrected chi connectivity index (χ1v) is 6.76. The Kier molecular flexibility index (Phi) is 3.71. The van der Waals surface area contributed by atoms with E-state index < -0.39 is 0 Å². The number of para-hydroxylation sites is 2. The standard InChI is InChI=1S/C15H23N3/c1-5-15(3,4)16-11-14-17-12-9-7-8-10-13(12)18(14)6-2/h7-10,16H,5-6,11H2,1-4H3. The van der Waals surface area contributed by atoms with E-state index in [4.69, 9.17) is 4.98 Å². The molecule has 3 nitrogen and oxygen atoms in total. The van der Waals surface area contributed by atoms with Crippen LogP contribution in [0.3, 0.4) is 0 Å². The van der Waals surface area contributed by atoms with Crippen LogP contribution in [0.25, 0.3) is 11.0 Å². The number of rotatable bonds is 5. The Labute approximate surface area is 109 Å². The van der Waals surface area contributed by atoms with Crippen molar-refractivity contribution >= 4 is 11.0 Å². The molecule has 0 aliphatic heterocycles. The summed E-state index contributed by atoms with van der Waals surface area (Å²) < 4.78 is 2.29. The monoisotopic (exact) mass is 245 g/mol. The molecule has 18 heavy (non-hydrogen) atoms. The molecule has 1 heterocycles. The summed E-state index contributed by atoms with van der Waals surface area (Å²) in [6.07, 6.45) is 1.11. The zero-order valence-corrected chi connectivity index (χ0v) is 11.8. The minimum absolute atomic E-state index is 0.163. The van der Waals surface area contributed by atoms with Crippen molar-refractivity contribution in [2.24, 2.45) is 0 Å².